The van der Waals surface area contributed by atoms with Gasteiger partial charge in [0.25, 0.3) is 0 Å². The van der Waals surface area contributed by atoms with E-state index in [1.807, 2.05) is 0 Å². The summed E-state index contributed by atoms with van der Waals surface area (Å²) in [5.41, 5.74) is 0. The Labute approximate surface area is 72.1 Å². The second-order valence-corrected chi connectivity index (χ2v) is 7.14. The molecule has 7 heteroatoms. The van der Waals surface area contributed by atoms with Crippen LogP contribution in [0, 0.1) is 0 Å². The van der Waals surface area contributed by atoms with E-state index in [0.29, 0.717) is 19.4 Å². The van der Waals surface area contributed by atoms with Crippen molar-refractivity contribution >= 4 is 19.9 Å². The molecule has 1 N–H and O–H groups in total. The molecule has 0 aromatic rings. The number of nitrogens with one attached hydrogen (secondary N) is 1. The number of hydrogen-bond donors (Lipinski definition) is 1. The molecular formula is C5H11NO4S2. The lowest BCUT2D eigenvalue weighted by Gasteiger charge is -2.10. The van der Waals surface area contributed by atoms with E-state index in [9.17, 15) is 16.8 Å². The van der Waals surface area contributed by atoms with Crippen molar-refractivity contribution in [1.29, 1.82) is 0 Å². The van der Waals surface area contributed by atoms with Crippen molar-refractivity contribution in [2.45, 2.75) is 12.8 Å². The molecule has 12 heavy (non-hydrogen) atoms. The molecular weight excluding hydrogens is 202 g/mol. The molecule has 0 bridgehead atoms. The molecule has 1 fully saturated rings. The fourth-order valence-electron chi connectivity index (χ4n) is 1.01. The first-order valence-corrected chi connectivity index (χ1v) is 7.06. The Kier molecular flexibility index (Phi) is 2.74. The Bertz CT molecular complexity index is 308. The molecule has 1 saturated heterocycles. The maximum atomic E-state index is 11.0. The van der Waals surface area contributed by atoms with Crippen molar-refractivity contribution in [3.05, 3.63) is 0 Å². The van der Waals surface area contributed by atoms with Crippen molar-refractivity contribution in [2.24, 2.45) is 0 Å². The summed E-state index contributed by atoms with van der Waals surface area (Å²) in [5.74, 6) is -0.0199. The van der Waals surface area contributed by atoms with Gasteiger partial charge in [0.1, 0.15) is 0 Å². The van der Waals surface area contributed by atoms with E-state index in [1.54, 1.807) is 0 Å². The summed E-state index contributed by atoms with van der Waals surface area (Å²) in [6.07, 6.45) is 1.11. The molecule has 1 heterocycles. The van der Waals surface area contributed by atoms with Gasteiger partial charge < -0.3 is 0 Å². The third-order valence-corrected chi connectivity index (χ3v) is 5.77. The van der Waals surface area contributed by atoms with Crippen LogP contribution < -0.4 is 4.72 Å². The van der Waals surface area contributed by atoms with Crippen molar-refractivity contribution in [3.8, 4) is 0 Å². The monoisotopic (exact) mass is 213 g/mol. The van der Waals surface area contributed by atoms with Gasteiger partial charge >= 0.3 is 0 Å². The minimum Gasteiger partial charge on any atom is -0.228 e. The average Bonchev–Trinajstić information content (AvgIpc) is 1.80. The highest BCUT2D eigenvalue weighted by molar-refractivity contribution is 8.07. The fraction of sp³-hybridized carbons (Fsp3) is 1.00. The first-order valence-electron chi connectivity index (χ1n) is 3.59. The van der Waals surface area contributed by atoms with Crippen LogP contribution in [0.5, 0.6) is 0 Å². The Morgan fingerprint density at radius 3 is 2.33 bits per heavy atom. The second kappa shape index (κ2) is 3.31. The first kappa shape index (κ1) is 9.94. The van der Waals surface area contributed by atoms with Crippen LogP contribution in [0.25, 0.3) is 0 Å². The molecule has 1 rings (SSSR count). The summed E-state index contributed by atoms with van der Waals surface area (Å²) in [4.78, 5) is 0. The molecule has 0 saturated carbocycles. The van der Waals surface area contributed by atoms with E-state index in [-0.39, 0.29) is 5.75 Å². The lowest BCUT2D eigenvalue weighted by Crippen LogP contribution is -2.34. The zero-order chi connectivity index (χ0) is 9.24. The average molecular weight is 213 g/mol. The maximum absolute atomic E-state index is 11.0. The molecule has 0 radical (unpaired) electrons. The van der Waals surface area contributed by atoms with Gasteiger partial charge in [0.2, 0.25) is 10.0 Å². The van der Waals surface area contributed by atoms with Crippen LogP contribution >= 0.6 is 0 Å². The predicted octanol–water partition coefficient (Wildman–Crippen LogP) is -0.928. The summed E-state index contributed by atoms with van der Waals surface area (Å²) in [6, 6.07) is 0. The van der Waals surface area contributed by atoms with Gasteiger partial charge in [-0.1, -0.05) is 0 Å². The maximum Gasteiger partial charge on any atom is 0.226 e. The van der Waals surface area contributed by atoms with E-state index in [4.69, 9.17) is 0 Å². The smallest absolute Gasteiger partial charge is 0.226 e. The highest BCUT2D eigenvalue weighted by Crippen LogP contribution is 2.04. The van der Waals surface area contributed by atoms with Gasteiger partial charge in [0.15, 0.2) is 14.9 Å². The van der Waals surface area contributed by atoms with Crippen LogP contribution in [0.2, 0.25) is 0 Å². The van der Waals surface area contributed by atoms with Gasteiger partial charge in [-0.3, -0.25) is 0 Å². The zero-order valence-corrected chi connectivity index (χ0v) is 8.12. The van der Waals surface area contributed by atoms with Crippen LogP contribution in [-0.2, 0) is 19.9 Å². The quantitative estimate of drug-likeness (QED) is 0.564. The van der Waals surface area contributed by atoms with Gasteiger partial charge in [-0.05, 0) is 12.8 Å². The third kappa shape index (κ3) is 3.08. The molecule has 0 atom stereocenters. The minimum absolute atomic E-state index is 0.0199. The van der Waals surface area contributed by atoms with Crippen molar-refractivity contribution in [2.75, 3.05) is 17.4 Å². The van der Waals surface area contributed by atoms with Gasteiger partial charge in [-0.2, -0.15) is 0 Å². The lowest BCUT2D eigenvalue weighted by molar-refractivity contribution is 0.569. The molecule has 0 aromatic carbocycles. The largest absolute Gasteiger partial charge is 0.228 e. The summed E-state index contributed by atoms with van der Waals surface area (Å²) < 4.78 is 46.1. The standard InChI is InChI=1S/C5H11NO4S2/c7-11(8)4-2-1-3-6-12(9,10)5-11/h6H,1-5H2. The summed E-state index contributed by atoms with van der Waals surface area (Å²) in [7, 11) is -6.99. The predicted molar refractivity (Wildman–Crippen MR) is 44.8 cm³/mol. The number of sulfone groups is 1. The van der Waals surface area contributed by atoms with E-state index in [2.05, 4.69) is 4.72 Å². The van der Waals surface area contributed by atoms with E-state index >= 15 is 0 Å². The molecule has 1 aliphatic rings. The van der Waals surface area contributed by atoms with Crippen LogP contribution in [-0.4, -0.2) is 34.2 Å². The molecule has 1 aliphatic heterocycles. The Hall–Kier alpha value is -0.140. The van der Waals surface area contributed by atoms with Gasteiger partial charge in [-0.15, -0.1) is 0 Å². The van der Waals surface area contributed by atoms with Gasteiger partial charge in [-0.25, -0.2) is 21.6 Å². The van der Waals surface area contributed by atoms with Crippen molar-refractivity contribution < 1.29 is 16.8 Å². The summed E-state index contributed by atoms with van der Waals surface area (Å²) >= 11 is 0. The number of rotatable bonds is 0. The topological polar surface area (TPSA) is 80.3 Å². The molecule has 0 unspecified atom stereocenters. The van der Waals surface area contributed by atoms with Crippen LogP contribution in [0.1, 0.15) is 12.8 Å². The minimum atomic E-state index is -3.59. The van der Waals surface area contributed by atoms with Crippen molar-refractivity contribution in [1.82, 2.24) is 4.72 Å². The molecule has 5 nitrogen and oxygen atoms in total. The molecule has 0 amide bonds. The normalized spacial score (nSPS) is 28.7. The highest BCUT2D eigenvalue weighted by atomic mass is 32.3. The fourth-order valence-corrected chi connectivity index (χ4v) is 4.81. The highest BCUT2D eigenvalue weighted by Gasteiger charge is 2.23. The Balaban J connectivity index is 2.86. The lowest BCUT2D eigenvalue weighted by atomic mass is 10.3. The summed E-state index contributed by atoms with van der Waals surface area (Å²) in [5, 5.41) is -0.764. The molecule has 0 aromatic heterocycles. The molecule has 0 spiro atoms. The van der Waals surface area contributed by atoms with E-state index in [1.165, 1.54) is 0 Å². The van der Waals surface area contributed by atoms with Gasteiger partial charge in [0, 0.05) is 6.54 Å². The van der Waals surface area contributed by atoms with E-state index < -0.39 is 24.9 Å². The van der Waals surface area contributed by atoms with Crippen LogP contribution in [0.3, 0.4) is 0 Å². The van der Waals surface area contributed by atoms with Crippen molar-refractivity contribution in [3.63, 3.8) is 0 Å². The first-order chi connectivity index (χ1) is 5.41. The van der Waals surface area contributed by atoms with Gasteiger partial charge in [0.05, 0.1) is 5.75 Å². The van der Waals surface area contributed by atoms with Crippen LogP contribution in [0.4, 0.5) is 0 Å². The van der Waals surface area contributed by atoms with Crippen LogP contribution in [0.15, 0.2) is 0 Å². The SMILES string of the molecule is O=S1(=O)CCCCNS(=O)(=O)C1. The Morgan fingerprint density at radius 1 is 1.00 bits per heavy atom. The Morgan fingerprint density at radius 2 is 1.67 bits per heavy atom. The summed E-state index contributed by atoms with van der Waals surface area (Å²) in [6.45, 7) is 0.345. The number of sulfonamides is 1. The third-order valence-electron chi connectivity index (χ3n) is 1.54. The second-order valence-electron chi connectivity index (χ2n) is 2.78. The molecule has 0 aliphatic carbocycles. The number of hydrogen-bond acceptors (Lipinski definition) is 4. The molecule has 72 valence electrons. The zero-order valence-electron chi connectivity index (χ0n) is 6.49. The van der Waals surface area contributed by atoms with E-state index in [0.717, 1.165) is 0 Å².